The monoisotopic (exact) mass is 377 g/mol. The van der Waals surface area contributed by atoms with Crippen molar-refractivity contribution in [2.75, 3.05) is 18.1 Å². The summed E-state index contributed by atoms with van der Waals surface area (Å²) in [6.45, 7) is 6.99. The third-order valence-electron chi connectivity index (χ3n) is 6.49. The number of thioether (sulfide) groups is 1. The molecule has 144 valence electrons. The van der Waals surface area contributed by atoms with Crippen LogP contribution in [0.5, 0.6) is 0 Å². The number of aromatic nitrogens is 3. The highest BCUT2D eigenvalue weighted by Gasteiger charge is 2.50. The van der Waals surface area contributed by atoms with Crippen LogP contribution in [0.2, 0.25) is 0 Å². The van der Waals surface area contributed by atoms with Gasteiger partial charge in [-0.3, -0.25) is 4.79 Å². The minimum atomic E-state index is -0.165. The predicted molar refractivity (Wildman–Crippen MR) is 103 cm³/mol. The number of hydrogen-bond acceptors (Lipinski definition) is 5. The van der Waals surface area contributed by atoms with Crippen molar-refractivity contribution in [2.24, 2.45) is 23.2 Å². The van der Waals surface area contributed by atoms with Gasteiger partial charge in [-0.05, 0) is 61.7 Å². The smallest absolute Gasteiger partial charge is 0.230 e. The average Bonchev–Trinajstić information content (AvgIpc) is 2.91. The number of hydrogen-bond donors (Lipinski definition) is 2. The first kappa shape index (κ1) is 18.1. The number of carbonyl (C=O) groups excluding carboxylic acids is 1. The summed E-state index contributed by atoms with van der Waals surface area (Å²) in [5.74, 6) is 9.98. The van der Waals surface area contributed by atoms with Crippen molar-refractivity contribution in [3.8, 4) is 0 Å². The van der Waals surface area contributed by atoms with E-state index in [1.807, 2.05) is 20.8 Å². The van der Waals surface area contributed by atoms with Gasteiger partial charge in [0.1, 0.15) is 0 Å². The Morgan fingerprint density at radius 3 is 2.27 bits per heavy atom. The fraction of sp³-hybridized carbons (Fsp3) is 0.842. The first-order chi connectivity index (χ1) is 12.2. The van der Waals surface area contributed by atoms with Gasteiger partial charge < -0.3 is 11.2 Å². The molecular formula is C19H31N5OS. The normalized spacial score (nSPS) is 32.8. The van der Waals surface area contributed by atoms with Crippen LogP contribution < -0.4 is 11.2 Å². The highest BCUT2D eigenvalue weighted by molar-refractivity contribution is 7.99. The predicted octanol–water partition coefficient (Wildman–Crippen LogP) is 2.71. The van der Waals surface area contributed by atoms with E-state index >= 15 is 0 Å². The Kier molecular flexibility index (Phi) is 4.48. The molecule has 0 aromatic carbocycles. The summed E-state index contributed by atoms with van der Waals surface area (Å²) in [6.07, 6.45) is 8.26. The van der Waals surface area contributed by atoms with E-state index in [4.69, 9.17) is 5.84 Å². The van der Waals surface area contributed by atoms with Crippen LogP contribution in [-0.2, 0) is 10.2 Å². The molecule has 4 aliphatic carbocycles. The van der Waals surface area contributed by atoms with Gasteiger partial charge in [-0.1, -0.05) is 32.5 Å². The molecule has 0 saturated heterocycles. The Labute approximate surface area is 160 Å². The van der Waals surface area contributed by atoms with Crippen molar-refractivity contribution >= 4 is 17.7 Å². The summed E-state index contributed by atoms with van der Waals surface area (Å²) in [7, 11) is 0. The highest BCUT2D eigenvalue weighted by Crippen LogP contribution is 2.59. The lowest BCUT2D eigenvalue weighted by Gasteiger charge is -2.56. The van der Waals surface area contributed by atoms with Crippen LogP contribution in [-0.4, -0.2) is 33.1 Å². The maximum Gasteiger partial charge on any atom is 0.230 e. The number of carbonyl (C=O) groups is 1. The molecule has 0 unspecified atom stereocenters. The van der Waals surface area contributed by atoms with Crippen molar-refractivity contribution in [2.45, 2.75) is 69.9 Å². The van der Waals surface area contributed by atoms with Gasteiger partial charge in [-0.25, -0.2) is 4.68 Å². The van der Waals surface area contributed by atoms with E-state index in [0.29, 0.717) is 16.3 Å². The Hall–Kier alpha value is -1.24. The maximum atomic E-state index is 12.4. The zero-order chi connectivity index (χ0) is 18.5. The van der Waals surface area contributed by atoms with E-state index in [-0.39, 0.29) is 11.3 Å². The summed E-state index contributed by atoms with van der Waals surface area (Å²) in [6, 6.07) is 0. The van der Waals surface area contributed by atoms with Crippen molar-refractivity contribution < 1.29 is 4.79 Å². The molecule has 1 heterocycles. The van der Waals surface area contributed by atoms with Crippen molar-refractivity contribution in [3.63, 3.8) is 0 Å². The molecule has 3 N–H and O–H groups in total. The van der Waals surface area contributed by atoms with Crippen LogP contribution in [0.25, 0.3) is 0 Å². The van der Waals surface area contributed by atoms with E-state index in [2.05, 4.69) is 15.5 Å². The second kappa shape index (κ2) is 6.43. The average molecular weight is 378 g/mol. The number of rotatable bonds is 5. The molecule has 0 spiro atoms. The molecule has 0 atom stereocenters. The summed E-state index contributed by atoms with van der Waals surface area (Å²) in [5, 5.41) is 12.1. The fourth-order valence-electron chi connectivity index (χ4n) is 5.86. The minimum absolute atomic E-state index is 0.0751. The van der Waals surface area contributed by atoms with Gasteiger partial charge in [-0.15, -0.1) is 10.2 Å². The molecule has 4 aliphatic rings. The molecule has 0 aliphatic heterocycles. The topological polar surface area (TPSA) is 85.8 Å². The SMILES string of the molecule is CC(C)(C)c1nnc(SCC(=O)NCC23CC4CC(CC(C4)C2)C3)n1N. The maximum absolute atomic E-state index is 12.4. The molecular weight excluding hydrogens is 346 g/mol. The van der Waals surface area contributed by atoms with Crippen LogP contribution in [0.15, 0.2) is 5.16 Å². The van der Waals surface area contributed by atoms with Crippen molar-refractivity contribution in [1.82, 2.24) is 20.2 Å². The second-order valence-corrected chi connectivity index (χ2v) is 10.9. The van der Waals surface area contributed by atoms with Crippen LogP contribution >= 0.6 is 11.8 Å². The number of nitrogen functional groups attached to an aromatic ring is 1. The molecule has 7 heteroatoms. The highest BCUT2D eigenvalue weighted by atomic mass is 32.2. The number of nitrogens with zero attached hydrogens (tertiary/aromatic N) is 3. The van der Waals surface area contributed by atoms with Gasteiger partial charge in [0.15, 0.2) is 5.82 Å². The molecule has 4 fully saturated rings. The first-order valence-corrected chi connectivity index (χ1v) is 10.8. The Morgan fingerprint density at radius 2 is 1.77 bits per heavy atom. The largest absolute Gasteiger partial charge is 0.355 e. The molecule has 6 nitrogen and oxygen atoms in total. The summed E-state index contributed by atoms with van der Waals surface area (Å²) in [5.41, 5.74) is 0.212. The third kappa shape index (κ3) is 3.47. The van der Waals surface area contributed by atoms with Crippen LogP contribution in [0, 0.1) is 23.2 Å². The zero-order valence-electron chi connectivity index (χ0n) is 16.1. The second-order valence-electron chi connectivity index (χ2n) is 9.91. The third-order valence-corrected chi connectivity index (χ3v) is 7.44. The molecule has 26 heavy (non-hydrogen) atoms. The van der Waals surface area contributed by atoms with Crippen LogP contribution in [0.3, 0.4) is 0 Å². The van der Waals surface area contributed by atoms with E-state index in [1.165, 1.54) is 55.0 Å². The van der Waals surface area contributed by atoms with E-state index < -0.39 is 0 Å². The van der Waals surface area contributed by atoms with Gasteiger partial charge in [-0.2, -0.15) is 0 Å². The summed E-state index contributed by atoms with van der Waals surface area (Å²) >= 11 is 1.36. The molecule has 0 radical (unpaired) electrons. The lowest BCUT2D eigenvalue weighted by molar-refractivity contribution is -0.120. The quantitative estimate of drug-likeness (QED) is 0.609. The number of amides is 1. The standard InChI is InChI=1S/C19H31N5OS/c1-18(2,3)16-22-23-17(24(16)20)26-10-15(25)21-11-19-7-12-4-13(8-19)6-14(5-12)9-19/h12-14H,4-11,20H2,1-3H3,(H,21,25). The molecule has 1 aromatic heterocycles. The van der Waals surface area contributed by atoms with E-state index in [0.717, 1.165) is 30.1 Å². The van der Waals surface area contributed by atoms with Crippen molar-refractivity contribution in [3.05, 3.63) is 5.82 Å². The van der Waals surface area contributed by atoms with E-state index in [1.54, 1.807) is 0 Å². The zero-order valence-corrected chi connectivity index (χ0v) is 16.9. The molecule has 1 amide bonds. The Balaban J connectivity index is 1.29. The van der Waals surface area contributed by atoms with Crippen LogP contribution in [0.1, 0.15) is 65.1 Å². The molecule has 4 bridgehead atoms. The number of nitrogens with one attached hydrogen (secondary N) is 1. The molecule has 4 saturated carbocycles. The van der Waals surface area contributed by atoms with Gasteiger partial charge in [0, 0.05) is 12.0 Å². The van der Waals surface area contributed by atoms with Gasteiger partial charge in [0.2, 0.25) is 11.1 Å². The van der Waals surface area contributed by atoms with Gasteiger partial charge in [0.25, 0.3) is 0 Å². The van der Waals surface area contributed by atoms with Crippen LogP contribution in [0.4, 0.5) is 0 Å². The molecule has 1 aromatic rings. The Bertz CT molecular complexity index is 657. The fourth-order valence-corrected chi connectivity index (χ4v) is 6.55. The molecule has 5 rings (SSSR count). The van der Waals surface area contributed by atoms with Crippen molar-refractivity contribution in [1.29, 1.82) is 0 Å². The van der Waals surface area contributed by atoms with E-state index in [9.17, 15) is 4.79 Å². The van der Waals surface area contributed by atoms with Gasteiger partial charge >= 0.3 is 0 Å². The Morgan fingerprint density at radius 1 is 1.19 bits per heavy atom. The minimum Gasteiger partial charge on any atom is -0.355 e. The first-order valence-electron chi connectivity index (χ1n) is 9.85. The summed E-state index contributed by atoms with van der Waals surface area (Å²) in [4.78, 5) is 12.4. The van der Waals surface area contributed by atoms with Gasteiger partial charge in [0.05, 0.1) is 5.75 Å². The number of nitrogens with two attached hydrogens (primary N) is 1. The lowest BCUT2D eigenvalue weighted by Crippen LogP contribution is -2.51. The lowest BCUT2D eigenvalue weighted by atomic mass is 9.49. The summed E-state index contributed by atoms with van der Waals surface area (Å²) < 4.78 is 1.51.